The Labute approximate surface area is 143 Å². The smallest absolute Gasteiger partial charge is 0.315 e. The molecule has 132 valence electrons. The van der Waals surface area contributed by atoms with E-state index >= 15 is 0 Å². The van der Waals surface area contributed by atoms with Crippen LogP contribution in [0.4, 0.5) is 4.79 Å². The molecule has 1 aliphatic carbocycles. The molecular weight excluding hydrogens is 304 g/mol. The molecule has 1 aliphatic heterocycles. The molecule has 0 spiro atoms. The van der Waals surface area contributed by atoms with Crippen LogP contribution in [0.25, 0.3) is 0 Å². The highest BCUT2D eigenvalue weighted by Crippen LogP contribution is 2.35. The SMILES string of the molecule is O=C(N[C@H](C[C@@H]1CCOC1)c1ccccc1)NC1(CCO)CCC1. The molecule has 3 rings (SSSR count). The van der Waals surface area contributed by atoms with E-state index in [9.17, 15) is 9.90 Å². The molecule has 1 saturated carbocycles. The Morgan fingerprint density at radius 1 is 1.33 bits per heavy atom. The Balaban J connectivity index is 1.63. The third-order valence-electron chi connectivity index (χ3n) is 5.38. The number of carbonyl (C=O) groups excluding carboxylic acids is 1. The van der Waals surface area contributed by atoms with Gasteiger partial charge in [-0.3, -0.25) is 0 Å². The van der Waals surface area contributed by atoms with Crippen molar-refractivity contribution in [3.05, 3.63) is 35.9 Å². The van der Waals surface area contributed by atoms with E-state index in [0.717, 1.165) is 50.9 Å². The average Bonchev–Trinajstić information content (AvgIpc) is 3.06. The number of hydrogen-bond acceptors (Lipinski definition) is 3. The van der Waals surface area contributed by atoms with Crippen molar-refractivity contribution in [2.24, 2.45) is 5.92 Å². The number of hydrogen-bond donors (Lipinski definition) is 3. The number of benzene rings is 1. The van der Waals surface area contributed by atoms with E-state index in [2.05, 4.69) is 22.8 Å². The highest BCUT2D eigenvalue weighted by molar-refractivity contribution is 5.75. The van der Waals surface area contributed by atoms with Gasteiger partial charge in [0.05, 0.1) is 6.04 Å². The second kappa shape index (κ2) is 7.99. The number of urea groups is 1. The molecule has 1 heterocycles. The third-order valence-corrected chi connectivity index (χ3v) is 5.38. The standard InChI is InChI=1S/C19H28N2O3/c22-11-10-19(8-4-9-19)21-18(23)20-17(13-15-7-12-24-14-15)16-5-2-1-3-6-16/h1-3,5-6,15,17,22H,4,7-14H2,(H2,20,21,23)/t15-,17+/m0/s1. The maximum absolute atomic E-state index is 12.5. The number of amides is 2. The van der Waals surface area contributed by atoms with Gasteiger partial charge in [0.1, 0.15) is 0 Å². The van der Waals surface area contributed by atoms with Crippen molar-refractivity contribution < 1.29 is 14.6 Å². The molecule has 0 radical (unpaired) electrons. The summed E-state index contributed by atoms with van der Waals surface area (Å²) in [7, 11) is 0. The number of aliphatic hydroxyl groups is 1. The van der Waals surface area contributed by atoms with Gasteiger partial charge in [0.25, 0.3) is 0 Å². The van der Waals surface area contributed by atoms with E-state index in [1.54, 1.807) is 0 Å². The molecule has 2 aliphatic rings. The fourth-order valence-electron chi connectivity index (χ4n) is 3.76. The zero-order chi connectivity index (χ0) is 16.8. The minimum Gasteiger partial charge on any atom is -0.396 e. The largest absolute Gasteiger partial charge is 0.396 e. The van der Waals surface area contributed by atoms with Crippen LogP contribution in [0, 0.1) is 5.92 Å². The number of ether oxygens (including phenoxy) is 1. The highest BCUT2D eigenvalue weighted by Gasteiger charge is 2.38. The maximum atomic E-state index is 12.5. The molecular formula is C19H28N2O3. The van der Waals surface area contributed by atoms with Gasteiger partial charge in [-0.2, -0.15) is 0 Å². The van der Waals surface area contributed by atoms with Crippen LogP contribution in [0.2, 0.25) is 0 Å². The topological polar surface area (TPSA) is 70.6 Å². The monoisotopic (exact) mass is 332 g/mol. The first-order valence-electron chi connectivity index (χ1n) is 9.03. The summed E-state index contributed by atoms with van der Waals surface area (Å²) in [5.41, 5.74) is 0.917. The summed E-state index contributed by atoms with van der Waals surface area (Å²) in [6, 6.07) is 9.99. The Morgan fingerprint density at radius 3 is 2.71 bits per heavy atom. The van der Waals surface area contributed by atoms with E-state index in [0.29, 0.717) is 12.3 Å². The summed E-state index contributed by atoms with van der Waals surface area (Å²) in [5.74, 6) is 0.491. The van der Waals surface area contributed by atoms with Crippen molar-refractivity contribution in [1.29, 1.82) is 0 Å². The zero-order valence-corrected chi connectivity index (χ0v) is 14.2. The molecule has 1 aromatic carbocycles. The zero-order valence-electron chi connectivity index (χ0n) is 14.2. The summed E-state index contributed by atoms with van der Waals surface area (Å²) in [6.07, 6.45) is 5.60. The molecule has 2 amide bonds. The summed E-state index contributed by atoms with van der Waals surface area (Å²) >= 11 is 0. The van der Waals surface area contributed by atoms with Crippen LogP contribution in [-0.4, -0.2) is 36.5 Å². The van der Waals surface area contributed by atoms with Crippen LogP contribution in [0.3, 0.4) is 0 Å². The van der Waals surface area contributed by atoms with E-state index in [-0.39, 0.29) is 24.2 Å². The average molecular weight is 332 g/mol. The van der Waals surface area contributed by atoms with Crippen LogP contribution in [-0.2, 0) is 4.74 Å². The molecule has 2 atom stereocenters. The molecule has 3 N–H and O–H groups in total. The first-order chi connectivity index (χ1) is 11.7. The molecule has 1 aromatic rings. The van der Waals surface area contributed by atoms with Gasteiger partial charge in [0, 0.05) is 25.4 Å². The second-order valence-electron chi connectivity index (χ2n) is 7.13. The quantitative estimate of drug-likeness (QED) is 0.719. The lowest BCUT2D eigenvalue weighted by molar-refractivity contribution is 0.134. The minimum absolute atomic E-state index is 0.0100. The second-order valence-corrected chi connectivity index (χ2v) is 7.13. The summed E-state index contributed by atoms with van der Waals surface area (Å²) in [4.78, 5) is 12.5. The van der Waals surface area contributed by atoms with Crippen molar-refractivity contribution in [2.75, 3.05) is 19.8 Å². The number of aliphatic hydroxyl groups excluding tert-OH is 1. The van der Waals surface area contributed by atoms with Crippen molar-refractivity contribution in [3.63, 3.8) is 0 Å². The molecule has 24 heavy (non-hydrogen) atoms. The fraction of sp³-hybridized carbons (Fsp3) is 0.632. The summed E-state index contributed by atoms with van der Waals surface area (Å²) in [6.45, 7) is 1.71. The number of nitrogens with one attached hydrogen (secondary N) is 2. The van der Waals surface area contributed by atoms with Crippen LogP contribution in [0.5, 0.6) is 0 Å². The van der Waals surface area contributed by atoms with E-state index in [4.69, 9.17) is 4.74 Å². The Kier molecular flexibility index (Phi) is 5.74. The lowest BCUT2D eigenvalue weighted by Crippen LogP contribution is -2.57. The molecule has 2 fully saturated rings. The Morgan fingerprint density at radius 2 is 2.12 bits per heavy atom. The third kappa shape index (κ3) is 4.28. The lowest BCUT2D eigenvalue weighted by atomic mass is 9.74. The van der Waals surface area contributed by atoms with Gasteiger partial charge in [-0.25, -0.2) is 4.79 Å². The molecule has 5 nitrogen and oxygen atoms in total. The van der Waals surface area contributed by atoms with Crippen LogP contribution < -0.4 is 10.6 Å². The molecule has 0 unspecified atom stereocenters. The first kappa shape index (κ1) is 17.2. The van der Waals surface area contributed by atoms with E-state index in [1.165, 1.54) is 0 Å². The predicted octanol–water partition coefficient (Wildman–Crippen LogP) is 2.76. The van der Waals surface area contributed by atoms with E-state index < -0.39 is 0 Å². The fourth-order valence-corrected chi connectivity index (χ4v) is 3.76. The van der Waals surface area contributed by atoms with Gasteiger partial charge in [0.2, 0.25) is 0 Å². The molecule has 1 saturated heterocycles. The normalized spacial score (nSPS) is 23.3. The van der Waals surface area contributed by atoms with Gasteiger partial charge in [-0.05, 0) is 50.0 Å². The Hall–Kier alpha value is -1.59. The molecule has 5 heteroatoms. The molecule has 0 aromatic heterocycles. The summed E-state index contributed by atoms with van der Waals surface area (Å²) < 4.78 is 5.48. The van der Waals surface area contributed by atoms with Crippen LogP contribution in [0.1, 0.15) is 50.1 Å². The maximum Gasteiger partial charge on any atom is 0.315 e. The van der Waals surface area contributed by atoms with E-state index in [1.807, 2.05) is 18.2 Å². The minimum atomic E-state index is -0.212. The Bertz CT molecular complexity index is 525. The van der Waals surface area contributed by atoms with Crippen molar-refractivity contribution in [1.82, 2.24) is 10.6 Å². The van der Waals surface area contributed by atoms with Gasteiger partial charge >= 0.3 is 6.03 Å². The van der Waals surface area contributed by atoms with Gasteiger partial charge < -0.3 is 20.5 Å². The highest BCUT2D eigenvalue weighted by atomic mass is 16.5. The lowest BCUT2D eigenvalue weighted by Gasteiger charge is -2.42. The predicted molar refractivity (Wildman–Crippen MR) is 92.7 cm³/mol. The first-order valence-corrected chi connectivity index (χ1v) is 9.03. The number of carbonyl (C=O) groups is 1. The van der Waals surface area contributed by atoms with Gasteiger partial charge in [-0.1, -0.05) is 30.3 Å². The molecule has 0 bridgehead atoms. The van der Waals surface area contributed by atoms with Crippen molar-refractivity contribution >= 4 is 6.03 Å². The van der Waals surface area contributed by atoms with Gasteiger partial charge in [-0.15, -0.1) is 0 Å². The van der Waals surface area contributed by atoms with Crippen LogP contribution >= 0.6 is 0 Å². The number of rotatable bonds is 7. The van der Waals surface area contributed by atoms with Gasteiger partial charge in [0.15, 0.2) is 0 Å². The van der Waals surface area contributed by atoms with Crippen molar-refractivity contribution in [2.45, 2.75) is 50.1 Å². The van der Waals surface area contributed by atoms with Crippen LogP contribution in [0.15, 0.2) is 30.3 Å². The van der Waals surface area contributed by atoms with Crippen molar-refractivity contribution in [3.8, 4) is 0 Å². The summed E-state index contributed by atoms with van der Waals surface area (Å²) in [5, 5.41) is 15.5.